The smallest absolute Gasteiger partial charge is 0.259 e. The number of rotatable bonds is 13. The van der Waals surface area contributed by atoms with Gasteiger partial charge in [-0.15, -0.1) is 0 Å². The third kappa shape index (κ3) is 11.7. The van der Waals surface area contributed by atoms with Crippen LogP contribution in [0.5, 0.6) is 28.7 Å². The van der Waals surface area contributed by atoms with Crippen molar-refractivity contribution < 1.29 is 32.6 Å². The predicted molar refractivity (Wildman–Crippen MR) is 263 cm³/mol. The number of nitrogens with zero attached hydrogens (tertiary/aromatic N) is 2. The maximum atomic E-state index is 14.7. The van der Waals surface area contributed by atoms with E-state index in [4.69, 9.17) is 19.9 Å². The van der Waals surface area contributed by atoms with Crippen molar-refractivity contribution in [2.24, 2.45) is 19.8 Å². The number of nitrogens with two attached hydrogens (primary N) is 1. The molecule has 0 aliphatic rings. The fourth-order valence-electron chi connectivity index (χ4n) is 6.29. The minimum atomic E-state index is -0.812. The van der Waals surface area contributed by atoms with E-state index in [2.05, 4.69) is 16.0 Å². The Morgan fingerprint density at radius 3 is 1.51 bits per heavy atom. The van der Waals surface area contributed by atoms with Crippen LogP contribution < -0.4 is 47.0 Å². The van der Waals surface area contributed by atoms with Gasteiger partial charge in [-0.3, -0.25) is 28.3 Å². The Bertz CT molecular complexity index is 3030. The Labute approximate surface area is 399 Å². The van der Waals surface area contributed by atoms with Crippen LogP contribution in [0.1, 0.15) is 37.4 Å². The first-order chi connectivity index (χ1) is 31.0. The molecule has 0 fully saturated rings. The zero-order valence-electron chi connectivity index (χ0n) is 35.6. The number of aromatic nitrogens is 2. The summed E-state index contributed by atoms with van der Waals surface area (Å²) in [6, 6.07) is 33.3. The lowest BCUT2D eigenvalue weighted by molar-refractivity contribution is 0.0947. The summed E-state index contributed by atoms with van der Waals surface area (Å²) in [7, 11) is 4.55. The zero-order valence-corrected chi connectivity index (χ0v) is 39.9. The molecule has 17 heteroatoms. The molecule has 0 aliphatic heterocycles. The van der Waals surface area contributed by atoms with Gasteiger partial charge in [-0.2, -0.15) is 0 Å². The van der Waals surface area contributed by atoms with E-state index in [9.17, 15) is 28.0 Å². The van der Waals surface area contributed by atoms with Crippen molar-refractivity contribution in [1.82, 2.24) is 14.5 Å². The van der Waals surface area contributed by atoms with E-state index in [0.717, 1.165) is 16.7 Å². The molecule has 2 amide bonds. The maximum Gasteiger partial charge on any atom is 0.259 e. The van der Waals surface area contributed by atoms with Gasteiger partial charge in [0.15, 0.2) is 0 Å². The molecular formula is C48H42F2I2N6O7. The summed E-state index contributed by atoms with van der Waals surface area (Å²) in [5, 5.41) is 8.62. The van der Waals surface area contributed by atoms with Gasteiger partial charge < -0.3 is 35.9 Å². The third-order valence-electron chi connectivity index (χ3n) is 9.89. The number of methoxy groups -OCH3 is 1. The Morgan fingerprint density at radius 2 is 1.08 bits per heavy atom. The highest BCUT2D eigenvalue weighted by Gasteiger charge is 2.25. The molecule has 7 aromatic rings. The molecule has 2 heterocycles. The van der Waals surface area contributed by atoms with Crippen LogP contribution in [0, 0.1) is 32.6 Å². The van der Waals surface area contributed by atoms with E-state index < -0.39 is 34.6 Å². The van der Waals surface area contributed by atoms with Gasteiger partial charge in [-0.1, -0.05) is 48.5 Å². The van der Waals surface area contributed by atoms with Crippen molar-refractivity contribution in [2.75, 3.05) is 17.7 Å². The number of nitrogens with one attached hydrogen (secondary N) is 3. The Hall–Kier alpha value is -6.74. The van der Waals surface area contributed by atoms with Gasteiger partial charge in [0.25, 0.3) is 22.9 Å². The second-order valence-corrected chi connectivity index (χ2v) is 16.9. The fraction of sp³-hybridized carbons (Fsp3) is 0.125. The number of ether oxygens (including phenoxy) is 3. The van der Waals surface area contributed by atoms with E-state index in [0.29, 0.717) is 24.4 Å². The fourth-order valence-corrected chi connectivity index (χ4v) is 7.20. The lowest BCUT2D eigenvalue weighted by Gasteiger charge is -2.20. The molecule has 0 atom stereocenters. The number of carbonyl (C=O) groups excluding carboxylic acids is 2. The molecule has 0 bridgehead atoms. The largest absolute Gasteiger partial charge is 0.497 e. The quantitative estimate of drug-likeness (QED) is 0.0822. The molecular weight excluding hydrogens is 1060 g/mol. The van der Waals surface area contributed by atoms with Gasteiger partial charge in [0.2, 0.25) is 0 Å². The van der Waals surface area contributed by atoms with Gasteiger partial charge in [-0.25, -0.2) is 8.78 Å². The van der Waals surface area contributed by atoms with Crippen LogP contribution in [0.25, 0.3) is 0 Å². The van der Waals surface area contributed by atoms with E-state index in [1.165, 1.54) is 53.6 Å². The van der Waals surface area contributed by atoms with Crippen LogP contribution in [0.4, 0.5) is 31.8 Å². The van der Waals surface area contributed by atoms with Crippen LogP contribution in [-0.4, -0.2) is 28.1 Å². The lowest BCUT2D eigenvalue weighted by Crippen LogP contribution is -2.29. The molecule has 0 saturated carbocycles. The van der Waals surface area contributed by atoms with Crippen LogP contribution in [0.3, 0.4) is 0 Å². The van der Waals surface area contributed by atoms with E-state index in [-0.39, 0.29) is 52.2 Å². The summed E-state index contributed by atoms with van der Waals surface area (Å²) >= 11 is 4.00. The average Bonchev–Trinajstić information content (AvgIpc) is 3.27. The minimum absolute atomic E-state index is 0.00156. The second-order valence-electron chi connectivity index (χ2n) is 14.4. The van der Waals surface area contributed by atoms with Crippen molar-refractivity contribution in [3.05, 3.63) is 189 Å². The first-order valence-electron chi connectivity index (χ1n) is 19.6. The van der Waals surface area contributed by atoms with E-state index >= 15 is 0 Å². The Kier molecular flexibility index (Phi) is 15.6. The van der Waals surface area contributed by atoms with Crippen LogP contribution in [-0.2, 0) is 20.6 Å². The standard InChI is InChI=1S/C28H25FIN3O4.C20H17FIN3O3/c1-17-6-4-5-7-23(17)37-24-15-25(34)33(2)27(32-22-13-10-19(30)14-21(22)29)26(24)28(35)31-16-18-8-11-20(36-3)12-9-18;1-11-5-3-4-6-15(11)28-16-10-17(26)25(2)20(18(16)19(23)27)24-14-8-7-12(22)9-13(14)21/h4-15,32H,16H2,1-3H3,(H,31,35);3-10,24H,1-2H3,(H2,23,27). The summed E-state index contributed by atoms with van der Waals surface area (Å²) in [5.41, 5.74) is 7.43. The number of hydrogen-bond donors (Lipinski definition) is 4. The van der Waals surface area contributed by atoms with Crippen molar-refractivity contribution in [3.63, 3.8) is 0 Å². The number of amides is 2. The van der Waals surface area contributed by atoms with Crippen LogP contribution in [0.15, 0.2) is 131 Å². The molecule has 65 heavy (non-hydrogen) atoms. The Morgan fingerprint density at radius 1 is 0.631 bits per heavy atom. The van der Waals surface area contributed by atoms with Crippen molar-refractivity contribution in [2.45, 2.75) is 20.4 Å². The molecule has 5 N–H and O–H groups in total. The highest BCUT2D eigenvalue weighted by atomic mass is 127. The number of para-hydroxylation sites is 2. The molecule has 0 radical (unpaired) electrons. The number of pyridine rings is 2. The second kappa shape index (κ2) is 21.3. The Balaban J connectivity index is 0.000000224. The SMILES string of the molecule is COc1ccc(CNC(=O)c2c(Oc3ccccc3C)cc(=O)n(C)c2Nc2ccc(I)cc2F)cc1.Cc1ccccc1Oc1cc(=O)n(C)c(Nc2ccc(I)cc2F)c1C(N)=O. The van der Waals surface area contributed by atoms with Crippen molar-refractivity contribution in [3.8, 4) is 28.7 Å². The minimum Gasteiger partial charge on any atom is -0.497 e. The monoisotopic (exact) mass is 1110 g/mol. The first kappa shape index (κ1) is 47.7. The zero-order chi connectivity index (χ0) is 46.9. The van der Waals surface area contributed by atoms with E-state index in [1.54, 1.807) is 61.7 Å². The molecule has 5 aromatic carbocycles. The lowest BCUT2D eigenvalue weighted by atomic mass is 10.1. The number of anilines is 4. The van der Waals surface area contributed by atoms with Gasteiger partial charge in [0, 0.05) is 39.9 Å². The third-order valence-corrected chi connectivity index (χ3v) is 11.2. The number of benzene rings is 5. The molecule has 334 valence electrons. The number of carbonyl (C=O) groups is 2. The van der Waals surface area contributed by atoms with Crippen molar-refractivity contribution >= 4 is 80.0 Å². The molecule has 0 spiro atoms. The van der Waals surface area contributed by atoms with Gasteiger partial charge in [0.1, 0.15) is 63.1 Å². The average molecular weight is 1110 g/mol. The van der Waals surface area contributed by atoms with Crippen molar-refractivity contribution in [1.29, 1.82) is 0 Å². The van der Waals surface area contributed by atoms with E-state index in [1.807, 2.05) is 95.4 Å². The van der Waals surface area contributed by atoms with Gasteiger partial charge in [-0.05, 0) is 136 Å². The normalized spacial score (nSPS) is 10.6. The number of hydrogen-bond acceptors (Lipinski definition) is 9. The van der Waals surface area contributed by atoms with Crippen LogP contribution >= 0.6 is 45.2 Å². The van der Waals surface area contributed by atoms with Gasteiger partial charge in [0.05, 0.1) is 18.5 Å². The molecule has 2 aromatic heterocycles. The summed E-state index contributed by atoms with van der Waals surface area (Å²) in [6.45, 7) is 3.91. The predicted octanol–water partition coefficient (Wildman–Crippen LogP) is 9.98. The topological polar surface area (TPSA) is 168 Å². The summed E-state index contributed by atoms with van der Waals surface area (Å²) in [4.78, 5) is 51.1. The highest BCUT2D eigenvalue weighted by molar-refractivity contribution is 14.1. The molecule has 0 aliphatic carbocycles. The molecule has 13 nitrogen and oxygen atoms in total. The molecule has 0 saturated heterocycles. The summed E-state index contributed by atoms with van der Waals surface area (Å²) in [5.74, 6) is -0.488. The van der Waals surface area contributed by atoms with Gasteiger partial charge >= 0.3 is 0 Å². The number of halogens is 4. The molecule has 0 unspecified atom stereocenters. The molecule has 7 rings (SSSR count). The number of primary amides is 1. The number of aryl methyl sites for hydroxylation is 2. The first-order valence-corrected chi connectivity index (χ1v) is 21.8. The maximum absolute atomic E-state index is 14.7. The summed E-state index contributed by atoms with van der Waals surface area (Å²) in [6.07, 6.45) is 0. The van der Waals surface area contributed by atoms with Crippen LogP contribution in [0.2, 0.25) is 0 Å². The highest BCUT2D eigenvalue weighted by Crippen LogP contribution is 2.35. The summed E-state index contributed by atoms with van der Waals surface area (Å²) < 4.78 is 50.0.